The van der Waals surface area contributed by atoms with Gasteiger partial charge in [-0.25, -0.2) is 0 Å². The van der Waals surface area contributed by atoms with Gasteiger partial charge in [0.05, 0.1) is 38.6 Å². The van der Waals surface area contributed by atoms with Crippen molar-refractivity contribution in [3.05, 3.63) is 97.7 Å². The molecule has 1 aromatic heterocycles. The molecule has 0 radical (unpaired) electrons. The van der Waals surface area contributed by atoms with Crippen LogP contribution in [-0.2, 0) is 17.8 Å². The number of benzene rings is 3. The summed E-state index contributed by atoms with van der Waals surface area (Å²) in [6.07, 6.45) is 1.86. The van der Waals surface area contributed by atoms with Crippen LogP contribution < -0.4 is 10.2 Å². The third-order valence-electron chi connectivity index (χ3n) is 6.18. The highest BCUT2D eigenvalue weighted by molar-refractivity contribution is 7.99. The van der Waals surface area contributed by atoms with Crippen molar-refractivity contribution in [3.8, 4) is 5.69 Å². The number of rotatable bonds is 7. The first-order valence-corrected chi connectivity index (χ1v) is 14.5. The van der Waals surface area contributed by atoms with Crippen LogP contribution in [0.5, 0.6) is 0 Å². The molecule has 4 aromatic rings. The van der Waals surface area contributed by atoms with Crippen molar-refractivity contribution < 1.29 is 9.59 Å². The first-order chi connectivity index (χ1) is 18.8. The number of nitrogens with zero attached hydrogens (tertiary/aromatic N) is 4. The highest BCUT2D eigenvalue weighted by Crippen LogP contribution is 2.31. The van der Waals surface area contributed by atoms with Gasteiger partial charge in [-0.3, -0.25) is 14.2 Å². The van der Waals surface area contributed by atoms with Crippen LogP contribution >= 0.6 is 58.2 Å². The Hall–Kier alpha value is -2.75. The van der Waals surface area contributed by atoms with E-state index in [0.717, 1.165) is 18.5 Å². The van der Waals surface area contributed by atoms with Gasteiger partial charge >= 0.3 is 0 Å². The second-order valence-corrected chi connectivity index (χ2v) is 11.3. The van der Waals surface area contributed by atoms with Crippen LogP contribution in [-0.4, -0.2) is 38.9 Å². The first-order valence-electron chi connectivity index (χ1n) is 12.0. The Kier molecular flexibility index (Phi) is 8.69. The lowest BCUT2D eigenvalue weighted by Gasteiger charge is -2.29. The number of thioether (sulfide) groups is 1. The molecule has 12 heteroatoms. The van der Waals surface area contributed by atoms with Gasteiger partial charge in [-0.15, -0.1) is 10.2 Å². The molecular formula is C27H21Cl4N5O2S. The van der Waals surface area contributed by atoms with Crippen molar-refractivity contribution in [2.75, 3.05) is 17.2 Å². The zero-order chi connectivity index (χ0) is 27.5. The van der Waals surface area contributed by atoms with Crippen LogP contribution in [0.25, 0.3) is 5.69 Å². The first kappa shape index (κ1) is 27.8. The lowest BCUT2D eigenvalue weighted by atomic mass is 10.0. The van der Waals surface area contributed by atoms with Crippen molar-refractivity contribution in [1.29, 1.82) is 0 Å². The predicted molar refractivity (Wildman–Crippen MR) is 157 cm³/mol. The minimum Gasteiger partial charge on any atom is -0.345 e. The van der Waals surface area contributed by atoms with Gasteiger partial charge < -0.3 is 10.2 Å². The maximum absolute atomic E-state index is 13.2. The normalized spacial score (nSPS) is 12.8. The van der Waals surface area contributed by atoms with Gasteiger partial charge in [0.15, 0.2) is 11.0 Å². The van der Waals surface area contributed by atoms with Gasteiger partial charge in [0.25, 0.3) is 5.91 Å². The zero-order valence-electron chi connectivity index (χ0n) is 20.3. The van der Waals surface area contributed by atoms with E-state index < -0.39 is 5.91 Å². The molecule has 2 amide bonds. The lowest BCUT2D eigenvalue weighted by Crippen LogP contribution is -2.36. The molecular weight excluding hydrogens is 600 g/mol. The highest BCUT2D eigenvalue weighted by Gasteiger charge is 2.24. The van der Waals surface area contributed by atoms with Crippen molar-refractivity contribution in [3.63, 3.8) is 0 Å². The van der Waals surface area contributed by atoms with Crippen LogP contribution in [0.1, 0.15) is 28.2 Å². The monoisotopic (exact) mass is 619 g/mol. The predicted octanol–water partition coefficient (Wildman–Crippen LogP) is 6.88. The van der Waals surface area contributed by atoms with Crippen molar-refractivity contribution in [2.24, 2.45) is 0 Å². The molecule has 0 spiro atoms. The highest BCUT2D eigenvalue weighted by atomic mass is 35.5. The summed E-state index contributed by atoms with van der Waals surface area (Å²) in [5.74, 6) is 0.136. The molecule has 1 N–H and O–H groups in total. The summed E-state index contributed by atoms with van der Waals surface area (Å²) < 4.78 is 1.74. The number of carbonyl (C=O) groups excluding carboxylic acids is 2. The van der Waals surface area contributed by atoms with Gasteiger partial charge in [-0.1, -0.05) is 76.4 Å². The number of anilines is 1. The number of fused-ring (bicyclic) bond motifs is 1. The summed E-state index contributed by atoms with van der Waals surface area (Å²) in [5, 5.41) is 13.3. The molecule has 0 aliphatic carbocycles. The molecule has 0 saturated carbocycles. The quantitative estimate of drug-likeness (QED) is 0.228. The third-order valence-corrected chi connectivity index (χ3v) is 8.40. The van der Waals surface area contributed by atoms with Crippen molar-refractivity contribution >= 4 is 75.7 Å². The van der Waals surface area contributed by atoms with Crippen molar-refractivity contribution in [2.45, 2.75) is 24.5 Å². The molecule has 0 fully saturated rings. The minimum absolute atomic E-state index is 0.0266. The van der Waals surface area contributed by atoms with Gasteiger partial charge in [-0.05, 0) is 60.9 Å². The number of hydrogen-bond acceptors (Lipinski definition) is 5. The van der Waals surface area contributed by atoms with E-state index in [9.17, 15) is 9.59 Å². The maximum atomic E-state index is 13.2. The summed E-state index contributed by atoms with van der Waals surface area (Å²) in [6, 6.07) is 17.7. The van der Waals surface area contributed by atoms with E-state index >= 15 is 0 Å². The zero-order valence-corrected chi connectivity index (χ0v) is 24.2. The summed E-state index contributed by atoms with van der Waals surface area (Å²) in [7, 11) is 0. The van der Waals surface area contributed by atoms with Gasteiger partial charge in [0.1, 0.15) is 0 Å². The molecule has 0 saturated heterocycles. The number of hydrogen-bond donors (Lipinski definition) is 1. The largest absolute Gasteiger partial charge is 0.345 e. The molecule has 3 aromatic carbocycles. The molecule has 0 unspecified atom stereocenters. The van der Waals surface area contributed by atoms with Crippen LogP contribution in [0.3, 0.4) is 0 Å². The van der Waals surface area contributed by atoms with E-state index in [1.54, 1.807) is 34.9 Å². The fraction of sp³-hybridized carbons (Fsp3) is 0.185. The molecule has 39 heavy (non-hydrogen) atoms. The van der Waals surface area contributed by atoms with Crippen LogP contribution in [0.4, 0.5) is 5.69 Å². The molecule has 200 valence electrons. The summed E-state index contributed by atoms with van der Waals surface area (Å²) in [6.45, 7) is 0.697. The number of halogens is 4. The van der Waals surface area contributed by atoms with E-state index in [0.29, 0.717) is 38.3 Å². The number of carbonyl (C=O) groups is 2. The lowest BCUT2D eigenvalue weighted by molar-refractivity contribution is -0.116. The van der Waals surface area contributed by atoms with E-state index in [-0.39, 0.29) is 28.8 Å². The number of nitrogens with one attached hydrogen (secondary N) is 1. The topological polar surface area (TPSA) is 80.1 Å². The van der Waals surface area contributed by atoms with E-state index in [1.165, 1.54) is 23.4 Å². The Morgan fingerprint density at radius 1 is 0.923 bits per heavy atom. The minimum atomic E-state index is -0.417. The van der Waals surface area contributed by atoms with E-state index in [2.05, 4.69) is 21.6 Å². The van der Waals surface area contributed by atoms with Gasteiger partial charge in [0, 0.05) is 17.3 Å². The fourth-order valence-electron chi connectivity index (χ4n) is 4.31. The second-order valence-electron chi connectivity index (χ2n) is 8.71. The van der Waals surface area contributed by atoms with Gasteiger partial charge in [-0.2, -0.15) is 0 Å². The molecule has 0 atom stereocenters. The Morgan fingerprint density at radius 3 is 2.54 bits per heavy atom. The number of para-hydroxylation sites is 1. The second kappa shape index (κ2) is 12.2. The Balaban J connectivity index is 1.38. The maximum Gasteiger partial charge on any atom is 0.253 e. The Bertz CT molecular complexity index is 1560. The standard InChI is InChI=1S/C27H21Cl4N5O2S/c28-17-7-9-20(29)19(12-17)26(38)32-14-24-33-34-27(36(24)18-8-10-21(30)22(31)13-18)39-15-25(37)35-11-3-5-16-4-1-2-6-23(16)35/h1-2,4,6-10,12-13H,3,5,11,14-15H2,(H,32,38). The average Bonchev–Trinajstić information content (AvgIpc) is 3.35. The molecule has 1 aliphatic rings. The average molecular weight is 621 g/mol. The summed E-state index contributed by atoms with van der Waals surface area (Å²) in [5.41, 5.74) is 2.99. The van der Waals surface area contributed by atoms with Crippen LogP contribution in [0, 0.1) is 0 Å². The molecule has 5 rings (SSSR count). The van der Waals surface area contributed by atoms with Crippen LogP contribution in [0.2, 0.25) is 20.1 Å². The number of aryl methyl sites for hydroxylation is 1. The summed E-state index contributed by atoms with van der Waals surface area (Å²) >= 11 is 25.9. The van der Waals surface area contributed by atoms with E-state index in [4.69, 9.17) is 46.4 Å². The molecule has 7 nitrogen and oxygen atoms in total. The summed E-state index contributed by atoms with van der Waals surface area (Å²) in [4.78, 5) is 27.9. The SMILES string of the molecule is O=C(NCc1nnc(SCC(=O)N2CCCc3ccccc32)n1-c1ccc(Cl)c(Cl)c1)c1cc(Cl)ccc1Cl. The number of amides is 2. The van der Waals surface area contributed by atoms with Crippen LogP contribution in [0.15, 0.2) is 65.8 Å². The molecule has 1 aliphatic heterocycles. The molecule has 2 heterocycles. The number of aromatic nitrogens is 3. The third kappa shape index (κ3) is 6.21. The van der Waals surface area contributed by atoms with Crippen molar-refractivity contribution in [1.82, 2.24) is 20.1 Å². The Labute approximate surface area is 249 Å². The van der Waals surface area contributed by atoms with E-state index in [1.807, 2.05) is 23.1 Å². The van der Waals surface area contributed by atoms with Gasteiger partial charge in [0.2, 0.25) is 5.91 Å². The molecule has 0 bridgehead atoms. The fourth-order valence-corrected chi connectivity index (χ4v) is 5.83. The Morgan fingerprint density at radius 2 is 1.72 bits per heavy atom. The smallest absolute Gasteiger partial charge is 0.253 e.